The first-order valence-electron chi connectivity index (χ1n) is 7.90. The second-order valence-corrected chi connectivity index (χ2v) is 5.79. The van der Waals surface area contributed by atoms with Crippen molar-refractivity contribution in [2.24, 2.45) is 0 Å². The average molecular weight is 343 g/mol. The predicted octanol–water partition coefficient (Wildman–Crippen LogP) is 3.00. The molecule has 0 aliphatic rings. The first kappa shape index (κ1) is 18.4. The SMILES string of the molecule is Cc1ccc([C@@H](C)NC(=O)N[C@@H](CO)c2ccccc2)cc1[N+](=O)[O-]. The van der Waals surface area contributed by atoms with Crippen LogP contribution in [0.5, 0.6) is 0 Å². The first-order valence-corrected chi connectivity index (χ1v) is 7.90. The molecule has 0 aromatic heterocycles. The summed E-state index contributed by atoms with van der Waals surface area (Å²) >= 11 is 0. The molecule has 0 bridgehead atoms. The monoisotopic (exact) mass is 343 g/mol. The lowest BCUT2D eigenvalue weighted by atomic mass is 10.0. The van der Waals surface area contributed by atoms with Gasteiger partial charge < -0.3 is 15.7 Å². The van der Waals surface area contributed by atoms with Crippen molar-refractivity contribution in [1.82, 2.24) is 10.6 Å². The maximum Gasteiger partial charge on any atom is 0.315 e. The van der Waals surface area contributed by atoms with E-state index >= 15 is 0 Å². The van der Waals surface area contributed by atoms with E-state index in [1.54, 1.807) is 26.0 Å². The molecule has 0 saturated heterocycles. The topological polar surface area (TPSA) is 104 Å². The molecule has 0 aliphatic carbocycles. The number of rotatable bonds is 6. The molecule has 7 nitrogen and oxygen atoms in total. The van der Waals surface area contributed by atoms with Crippen LogP contribution in [0.3, 0.4) is 0 Å². The number of nitrogens with one attached hydrogen (secondary N) is 2. The largest absolute Gasteiger partial charge is 0.394 e. The lowest BCUT2D eigenvalue weighted by Gasteiger charge is -2.20. The van der Waals surface area contributed by atoms with E-state index < -0.39 is 23.0 Å². The van der Waals surface area contributed by atoms with Gasteiger partial charge in [0.05, 0.1) is 23.6 Å². The van der Waals surface area contributed by atoms with Crippen molar-refractivity contribution in [2.75, 3.05) is 6.61 Å². The highest BCUT2D eigenvalue weighted by molar-refractivity contribution is 5.75. The van der Waals surface area contributed by atoms with Gasteiger partial charge in [-0.2, -0.15) is 0 Å². The summed E-state index contributed by atoms with van der Waals surface area (Å²) < 4.78 is 0. The summed E-state index contributed by atoms with van der Waals surface area (Å²) in [5, 5.41) is 26.0. The third kappa shape index (κ3) is 4.77. The highest BCUT2D eigenvalue weighted by atomic mass is 16.6. The molecule has 7 heteroatoms. The second-order valence-electron chi connectivity index (χ2n) is 5.79. The van der Waals surface area contributed by atoms with Crippen LogP contribution in [0.4, 0.5) is 10.5 Å². The Morgan fingerprint density at radius 1 is 1.16 bits per heavy atom. The zero-order valence-electron chi connectivity index (χ0n) is 14.1. The molecule has 25 heavy (non-hydrogen) atoms. The second kappa shape index (κ2) is 8.25. The van der Waals surface area contributed by atoms with Gasteiger partial charge in [-0.05, 0) is 25.0 Å². The molecule has 0 fully saturated rings. The lowest BCUT2D eigenvalue weighted by molar-refractivity contribution is -0.385. The number of hydrogen-bond acceptors (Lipinski definition) is 4. The summed E-state index contributed by atoms with van der Waals surface area (Å²) in [7, 11) is 0. The van der Waals surface area contributed by atoms with Crippen molar-refractivity contribution < 1.29 is 14.8 Å². The molecular formula is C18H21N3O4. The van der Waals surface area contributed by atoms with E-state index in [0.29, 0.717) is 11.1 Å². The van der Waals surface area contributed by atoms with Crippen LogP contribution in [0.2, 0.25) is 0 Å². The fourth-order valence-corrected chi connectivity index (χ4v) is 2.49. The molecule has 3 N–H and O–H groups in total. The Kier molecular flexibility index (Phi) is 6.08. The number of carbonyl (C=O) groups is 1. The van der Waals surface area contributed by atoms with Gasteiger partial charge in [0.15, 0.2) is 0 Å². The third-order valence-electron chi connectivity index (χ3n) is 3.97. The number of benzene rings is 2. The summed E-state index contributed by atoms with van der Waals surface area (Å²) in [6.45, 7) is 3.17. The van der Waals surface area contributed by atoms with Crippen molar-refractivity contribution in [3.8, 4) is 0 Å². The van der Waals surface area contributed by atoms with E-state index in [1.807, 2.05) is 30.3 Å². The molecule has 0 unspecified atom stereocenters. The van der Waals surface area contributed by atoms with Gasteiger partial charge in [0, 0.05) is 11.6 Å². The molecule has 0 heterocycles. The molecule has 2 rings (SSSR count). The summed E-state index contributed by atoms with van der Waals surface area (Å²) in [6, 6.07) is 12.6. The summed E-state index contributed by atoms with van der Waals surface area (Å²) in [5.41, 5.74) is 2.00. The van der Waals surface area contributed by atoms with Gasteiger partial charge in [-0.1, -0.05) is 42.5 Å². The van der Waals surface area contributed by atoms with E-state index in [4.69, 9.17) is 0 Å². The number of hydrogen-bond donors (Lipinski definition) is 3. The van der Waals surface area contributed by atoms with E-state index in [0.717, 1.165) is 5.56 Å². The van der Waals surface area contributed by atoms with E-state index in [-0.39, 0.29) is 12.3 Å². The molecule has 0 saturated carbocycles. The molecule has 2 amide bonds. The molecular weight excluding hydrogens is 322 g/mol. The Bertz CT molecular complexity index is 749. The van der Waals surface area contributed by atoms with Crippen LogP contribution in [0, 0.1) is 17.0 Å². The number of nitrogens with zero attached hydrogens (tertiary/aromatic N) is 1. The number of carbonyl (C=O) groups excluding carboxylic acids is 1. The molecule has 0 spiro atoms. The van der Waals surface area contributed by atoms with Crippen LogP contribution in [-0.4, -0.2) is 22.7 Å². The number of urea groups is 1. The Balaban J connectivity index is 2.05. The Morgan fingerprint density at radius 3 is 2.44 bits per heavy atom. The van der Waals surface area contributed by atoms with Crippen LogP contribution in [-0.2, 0) is 0 Å². The molecule has 2 aromatic rings. The normalized spacial score (nSPS) is 12.9. The van der Waals surface area contributed by atoms with Crippen LogP contribution < -0.4 is 10.6 Å². The van der Waals surface area contributed by atoms with Crippen molar-refractivity contribution in [3.05, 3.63) is 75.3 Å². The maximum atomic E-state index is 12.2. The third-order valence-corrected chi connectivity index (χ3v) is 3.97. The molecule has 2 atom stereocenters. The fourth-order valence-electron chi connectivity index (χ4n) is 2.49. The quantitative estimate of drug-likeness (QED) is 0.554. The average Bonchev–Trinajstić information content (AvgIpc) is 2.60. The minimum Gasteiger partial charge on any atom is -0.394 e. The highest BCUT2D eigenvalue weighted by Crippen LogP contribution is 2.23. The number of amides is 2. The van der Waals surface area contributed by atoms with Crippen LogP contribution in [0.1, 0.15) is 35.7 Å². The lowest BCUT2D eigenvalue weighted by Crippen LogP contribution is -2.40. The Labute approximate surface area is 145 Å². The summed E-state index contributed by atoms with van der Waals surface area (Å²) in [4.78, 5) is 22.8. The molecule has 132 valence electrons. The van der Waals surface area contributed by atoms with Gasteiger partial charge in [0.2, 0.25) is 0 Å². The van der Waals surface area contributed by atoms with Crippen molar-refractivity contribution >= 4 is 11.7 Å². The standard InChI is InChI=1S/C18H21N3O4/c1-12-8-9-15(10-17(12)21(24)25)13(2)19-18(23)20-16(11-22)14-6-4-3-5-7-14/h3-10,13,16,22H,11H2,1-2H3,(H2,19,20,23)/t13-,16+/m1/s1. The number of nitro benzene ring substituents is 1. The van der Waals surface area contributed by atoms with E-state index in [1.165, 1.54) is 6.07 Å². The summed E-state index contributed by atoms with van der Waals surface area (Å²) in [5.74, 6) is 0. The van der Waals surface area contributed by atoms with Crippen LogP contribution >= 0.6 is 0 Å². The van der Waals surface area contributed by atoms with Crippen molar-refractivity contribution in [1.29, 1.82) is 0 Å². The van der Waals surface area contributed by atoms with Crippen molar-refractivity contribution in [2.45, 2.75) is 25.9 Å². The van der Waals surface area contributed by atoms with Gasteiger partial charge in [0.1, 0.15) is 0 Å². The van der Waals surface area contributed by atoms with Gasteiger partial charge in [-0.3, -0.25) is 10.1 Å². The number of aliphatic hydroxyl groups excluding tert-OH is 1. The molecule has 2 aromatic carbocycles. The highest BCUT2D eigenvalue weighted by Gasteiger charge is 2.18. The zero-order valence-corrected chi connectivity index (χ0v) is 14.1. The Hall–Kier alpha value is -2.93. The van der Waals surface area contributed by atoms with Crippen LogP contribution in [0.15, 0.2) is 48.5 Å². The van der Waals surface area contributed by atoms with E-state index in [2.05, 4.69) is 10.6 Å². The minimum absolute atomic E-state index is 0.0177. The number of aliphatic hydroxyl groups is 1. The predicted molar refractivity (Wildman–Crippen MR) is 94.2 cm³/mol. The van der Waals surface area contributed by atoms with Crippen molar-refractivity contribution in [3.63, 3.8) is 0 Å². The van der Waals surface area contributed by atoms with E-state index in [9.17, 15) is 20.0 Å². The maximum absolute atomic E-state index is 12.2. The minimum atomic E-state index is -0.527. The number of aryl methyl sites for hydroxylation is 1. The zero-order chi connectivity index (χ0) is 18.4. The first-order chi connectivity index (χ1) is 11.9. The molecule has 0 radical (unpaired) electrons. The van der Waals surface area contributed by atoms with Gasteiger partial charge in [-0.15, -0.1) is 0 Å². The van der Waals surface area contributed by atoms with Gasteiger partial charge >= 0.3 is 6.03 Å². The molecule has 0 aliphatic heterocycles. The number of nitro groups is 1. The van der Waals surface area contributed by atoms with Gasteiger partial charge in [-0.25, -0.2) is 4.79 Å². The Morgan fingerprint density at radius 2 is 1.84 bits per heavy atom. The van der Waals surface area contributed by atoms with Crippen LogP contribution in [0.25, 0.3) is 0 Å². The summed E-state index contributed by atoms with van der Waals surface area (Å²) in [6.07, 6.45) is 0. The fraction of sp³-hybridized carbons (Fsp3) is 0.278. The smallest absolute Gasteiger partial charge is 0.315 e. The van der Waals surface area contributed by atoms with Gasteiger partial charge in [0.25, 0.3) is 5.69 Å².